The third-order valence-corrected chi connectivity index (χ3v) is 5.80. The molecule has 5 nitrogen and oxygen atoms in total. The zero-order valence-corrected chi connectivity index (χ0v) is 19.1. The number of benzene rings is 3. The van der Waals surface area contributed by atoms with Gasteiger partial charge in [-0.25, -0.2) is 4.79 Å². The average Bonchev–Trinajstić information content (AvgIpc) is 3.24. The molecule has 0 unspecified atom stereocenters. The first-order chi connectivity index (χ1) is 17.4. The number of carbonyl (C=O) groups excluding carboxylic acids is 1. The normalized spacial score (nSPS) is 11.8. The van der Waals surface area contributed by atoms with E-state index in [0.717, 1.165) is 22.1 Å². The topological polar surface area (TPSA) is 55.2 Å². The van der Waals surface area contributed by atoms with Crippen molar-refractivity contribution in [3.05, 3.63) is 108 Å². The molecule has 182 valence electrons. The first-order valence-electron chi connectivity index (χ1n) is 11.3. The number of pyridine rings is 1. The molecule has 5 aromatic rings. The fraction of sp³-hybridized carbons (Fsp3) is 0.143. The Morgan fingerprint density at radius 1 is 0.806 bits per heavy atom. The summed E-state index contributed by atoms with van der Waals surface area (Å²) in [5.41, 5.74) is 3.82. The summed E-state index contributed by atoms with van der Waals surface area (Å²) < 4.78 is 51.5. The van der Waals surface area contributed by atoms with E-state index in [2.05, 4.69) is 4.98 Å². The highest BCUT2D eigenvalue weighted by Gasteiger charge is 2.43. The summed E-state index contributed by atoms with van der Waals surface area (Å²) in [5, 5.41) is 1.45. The lowest BCUT2D eigenvalue weighted by molar-refractivity contribution is -0.690. The molecule has 8 heteroatoms. The van der Waals surface area contributed by atoms with Gasteiger partial charge in [0.1, 0.15) is 0 Å². The van der Waals surface area contributed by atoms with Crippen LogP contribution in [0.15, 0.2) is 91.1 Å². The van der Waals surface area contributed by atoms with Crippen molar-refractivity contribution < 1.29 is 32.0 Å². The first-order valence-corrected chi connectivity index (χ1v) is 11.3. The van der Waals surface area contributed by atoms with Gasteiger partial charge in [0.2, 0.25) is 0 Å². The fourth-order valence-electron chi connectivity index (χ4n) is 4.09. The highest BCUT2D eigenvalue weighted by molar-refractivity contribution is 6.08. The van der Waals surface area contributed by atoms with E-state index in [1.165, 1.54) is 4.57 Å². The lowest BCUT2D eigenvalue weighted by Gasteiger charge is -2.08. The van der Waals surface area contributed by atoms with Gasteiger partial charge in [0, 0.05) is 27.9 Å². The molecule has 0 amide bonds. The number of esters is 1. The number of H-pyrrole nitrogens is 1. The number of fused-ring (bicyclic) bond motifs is 3. The van der Waals surface area contributed by atoms with Gasteiger partial charge in [0.05, 0.1) is 13.2 Å². The highest BCUT2D eigenvalue weighted by atomic mass is 19.4. The highest BCUT2D eigenvalue weighted by Crippen LogP contribution is 2.31. The van der Waals surface area contributed by atoms with Crippen LogP contribution in [0.25, 0.3) is 21.8 Å². The Hall–Kier alpha value is -4.17. The maximum atomic E-state index is 13.1. The Balaban J connectivity index is 1.49. The predicted molar refractivity (Wildman–Crippen MR) is 128 cm³/mol. The predicted octanol–water partition coefficient (Wildman–Crippen LogP) is 5.84. The van der Waals surface area contributed by atoms with E-state index in [-0.39, 0.29) is 12.4 Å². The van der Waals surface area contributed by atoms with Crippen molar-refractivity contribution in [2.24, 2.45) is 0 Å². The van der Waals surface area contributed by atoms with Gasteiger partial charge < -0.3 is 14.5 Å². The summed E-state index contributed by atoms with van der Waals surface area (Å²) in [7, 11) is 0. The number of ether oxygens (including phenoxy) is 2. The summed E-state index contributed by atoms with van der Waals surface area (Å²) >= 11 is 0. The molecule has 0 atom stereocenters. The van der Waals surface area contributed by atoms with E-state index in [1.807, 2.05) is 78.9 Å². The van der Waals surface area contributed by atoms with Crippen molar-refractivity contribution in [1.29, 1.82) is 0 Å². The zero-order valence-electron chi connectivity index (χ0n) is 19.1. The quantitative estimate of drug-likeness (QED) is 0.230. The number of aromatic amines is 1. The minimum atomic E-state index is -5.12. The minimum Gasteiger partial charge on any atom is -0.372 e. The molecule has 0 fully saturated rings. The summed E-state index contributed by atoms with van der Waals surface area (Å²) in [6.07, 6.45) is -3.50. The Bertz CT molecular complexity index is 1510. The van der Waals surface area contributed by atoms with Gasteiger partial charge in [-0.2, -0.15) is 17.7 Å². The van der Waals surface area contributed by atoms with Crippen LogP contribution < -0.4 is 9.30 Å². The summed E-state index contributed by atoms with van der Waals surface area (Å²) in [6.45, 7) is 1.05. The third-order valence-electron chi connectivity index (χ3n) is 5.80. The van der Waals surface area contributed by atoms with Crippen LogP contribution in [0.5, 0.6) is 5.88 Å². The molecule has 1 N–H and O–H groups in total. The molecule has 2 aromatic heterocycles. The van der Waals surface area contributed by atoms with E-state index in [0.29, 0.717) is 29.6 Å². The monoisotopic (exact) mass is 491 g/mol. The van der Waals surface area contributed by atoms with Crippen LogP contribution in [0.2, 0.25) is 0 Å². The van der Waals surface area contributed by atoms with Crippen LogP contribution in [0.1, 0.15) is 16.7 Å². The van der Waals surface area contributed by atoms with Gasteiger partial charge in [-0.05, 0) is 17.2 Å². The van der Waals surface area contributed by atoms with Crippen molar-refractivity contribution in [3.63, 3.8) is 0 Å². The van der Waals surface area contributed by atoms with Gasteiger partial charge in [-0.1, -0.05) is 72.8 Å². The first kappa shape index (κ1) is 23.6. The van der Waals surface area contributed by atoms with Gasteiger partial charge in [-0.15, -0.1) is 0 Å². The number of aromatic nitrogens is 2. The van der Waals surface area contributed by atoms with E-state index in [4.69, 9.17) is 9.47 Å². The second-order valence-corrected chi connectivity index (χ2v) is 8.39. The number of nitrogens with one attached hydrogen (secondary N) is 1. The summed E-state index contributed by atoms with van der Waals surface area (Å²) in [4.78, 5) is 15.0. The molecule has 0 spiro atoms. The smallest absolute Gasteiger partial charge is 0.372 e. The molecule has 5 rings (SSSR count). The van der Waals surface area contributed by atoms with Crippen LogP contribution in [0.4, 0.5) is 13.2 Å². The van der Waals surface area contributed by atoms with Gasteiger partial charge in [-0.3, -0.25) is 0 Å². The van der Waals surface area contributed by atoms with Crippen molar-refractivity contribution in [2.45, 2.75) is 25.9 Å². The number of hydrogen-bond acceptors (Lipinski definition) is 3. The Kier molecular flexibility index (Phi) is 6.43. The number of nitrogens with zero attached hydrogens (tertiary/aromatic N) is 1. The lowest BCUT2D eigenvalue weighted by Crippen LogP contribution is -2.39. The Labute approximate surface area is 204 Å². The van der Waals surface area contributed by atoms with Crippen molar-refractivity contribution >= 4 is 27.8 Å². The second kappa shape index (κ2) is 9.83. The van der Waals surface area contributed by atoms with Crippen LogP contribution in [-0.4, -0.2) is 17.1 Å². The van der Waals surface area contributed by atoms with E-state index in [9.17, 15) is 18.0 Å². The van der Waals surface area contributed by atoms with E-state index >= 15 is 0 Å². The van der Waals surface area contributed by atoms with Gasteiger partial charge >= 0.3 is 18.0 Å². The largest absolute Gasteiger partial charge is 0.491 e. The lowest BCUT2D eigenvalue weighted by atomic mass is 10.1. The van der Waals surface area contributed by atoms with Crippen LogP contribution in [0, 0.1) is 0 Å². The van der Waals surface area contributed by atoms with Crippen molar-refractivity contribution in [3.8, 4) is 5.88 Å². The molecular weight excluding hydrogens is 469 g/mol. The standard InChI is InChI=1S/C28H21F3N2O3/c29-28(30,31)27(34)36-26-25-23(13-14-33(26)16-19-7-3-1-4-8-19)22-12-11-21(15-24(22)32-25)18-35-17-20-9-5-2-6-10-20/h1-15H,16-18H2/p+1. The van der Waals surface area contributed by atoms with Crippen molar-refractivity contribution in [1.82, 2.24) is 4.98 Å². The molecule has 0 bridgehead atoms. The Morgan fingerprint density at radius 2 is 1.47 bits per heavy atom. The van der Waals surface area contributed by atoms with Gasteiger partial charge in [0.15, 0.2) is 18.3 Å². The SMILES string of the molecule is O=C(Oc1c2[nH]c3cc(COCc4ccccc4)ccc3c2cc[n+]1Cc1ccccc1)C(F)(F)F. The minimum absolute atomic E-state index is 0.197. The van der Waals surface area contributed by atoms with Crippen LogP contribution >= 0.6 is 0 Å². The van der Waals surface area contributed by atoms with Crippen LogP contribution in [-0.2, 0) is 29.3 Å². The number of hydrogen-bond donors (Lipinski definition) is 1. The molecule has 2 heterocycles. The second-order valence-electron chi connectivity index (χ2n) is 8.39. The third kappa shape index (κ3) is 5.08. The fourth-order valence-corrected chi connectivity index (χ4v) is 4.09. The number of rotatable bonds is 7. The van der Waals surface area contributed by atoms with Crippen molar-refractivity contribution in [2.75, 3.05) is 0 Å². The summed E-state index contributed by atoms with van der Waals surface area (Å²) in [5.74, 6) is -2.47. The zero-order chi connectivity index (χ0) is 25.1. The summed E-state index contributed by atoms with van der Waals surface area (Å²) in [6, 6.07) is 26.5. The van der Waals surface area contributed by atoms with Crippen LogP contribution in [0.3, 0.4) is 0 Å². The molecule has 36 heavy (non-hydrogen) atoms. The maximum Gasteiger partial charge on any atom is 0.491 e. The Morgan fingerprint density at radius 3 is 2.17 bits per heavy atom. The number of halogens is 3. The maximum absolute atomic E-state index is 13.1. The number of alkyl halides is 3. The molecule has 0 saturated carbocycles. The van der Waals surface area contributed by atoms with E-state index in [1.54, 1.807) is 12.3 Å². The molecule has 0 saturated heterocycles. The van der Waals surface area contributed by atoms with E-state index < -0.39 is 12.1 Å². The van der Waals surface area contributed by atoms with Gasteiger partial charge in [0.25, 0.3) is 0 Å². The molecule has 0 aliphatic carbocycles. The average molecular weight is 491 g/mol. The molecular formula is C28H22F3N2O3+. The molecule has 3 aromatic carbocycles. The number of carbonyl (C=O) groups is 1. The molecule has 0 aliphatic heterocycles. The molecule has 0 radical (unpaired) electrons. The molecule has 0 aliphatic rings.